The number of hydrogen-bond donors (Lipinski definition) is 1. The second-order valence-corrected chi connectivity index (χ2v) is 5.87. The third kappa shape index (κ3) is 3.75. The lowest BCUT2D eigenvalue weighted by Gasteiger charge is -2.11. The Balaban J connectivity index is 2.16. The highest BCUT2D eigenvalue weighted by Gasteiger charge is 2.07. The summed E-state index contributed by atoms with van der Waals surface area (Å²) in [5.74, 6) is 1.54. The number of thioether (sulfide) groups is 1. The van der Waals surface area contributed by atoms with Gasteiger partial charge in [-0.25, -0.2) is 0 Å². The van der Waals surface area contributed by atoms with Gasteiger partial charge in [-0.3, -0.25) is 0 Å². The summed E-state index contributed by atoms with van der Waals surface area (Å²) in [7, 11) is 0. The molecule has 2 aromatic rings. The van der Waals surface area contributed by atoms with Crippen molar-refractivity contribution >= 4 is 27.7 Å². The van der Waals surface area contributed by atoms with Crippen LogP contribution in [0.25, 0.3) is 0 Å². The Morgan fingerprint density at radius 2 is 1.74 bits per heavy atom. The maximum absolute atomic E-state index is 9.57. The van der Waals surface area contributed by atoms with Gasteiger partial charge in [-0.2, -0.15) is 0 Å². The molecule has 0 aliphatic carbocycles. The van der Waals surface area contributed by atoms with Gasteiger partial charge in [0, 0.05) is 9.37 Å². The summed E-state index contributed by atoms with van der Waals surface area (Å²) in [4.78, 5) is 1.21. The Hall–Kier alpha value is -0.970. The van der Waals surface area contributed by atoms with Crippen molar-refractivity contribution in [1.82, 2.24) is 0 Å². The van der Waals surface area contributed by atoms with E-state index < -0.39 is 6.10 Å². The first-order valence-electron chi connectivity index (χ1n) is 5.89. The first-order chi connectivity index (χ1) is 9.10. The Morgan fingerprint density at radius 1 is 1.11 bits per heavy atom. The minimum absolute atomic E-state index is 0.496. The van der Waals surface area contributed by atoms with E-state index in [4.69, 9.17) is 4.74 Å². The van der Waals surface area contributed by atoms with Crippen molar-refractivity contribution in [3.05, 3.63) is 52.5 Å². The first kappa shape index (κ1) is 14.4. The lowest BCUT2D eigenvalue weighted by molar-refractivity contribution is 0.198. The van der Waals surface area contributed by atoms with E-state index in [0.717, 1.165) is 21.5 Å². The fourth-order valence-electron chi connectivity index (χ4n) is 1.69. The average molecular weight is 339 g/mol. The quantitative estimate of drug-likeness (QED) is 0.794. The molecule has 1 atom stereocenters. The van der Waals surface area contributed by atoms with E-state index in [1.54, 1.807) is 18.7 Å². The van der Waals surface area contributed by atoms with Gasteiger partial charge in [0.1, 0.15) is 11.5 Å². The number of ether oxygens (including phenoxy) is 1. The van der Waals surface area contributed by atoms with E-state index in [-0.39, 0.29) is 0 Å². The van der Waals surface area contributed by atoms with Gasteiger partial charge in [0.25, 0.3) is 0 Å². The molecule has 100 valence electrons. The molecule has 1 N–H and O–H groups in total. The molecule has 0 spiro atoms. The summed E-state index contributed by atoms with van der Waals surface area (Å²) in [5, 5.41) is 9.57. The predicted octanol–water partition coefficient (Wildman–Crippen LogP) is 5.02. The summed E-state index contributed by atoms with van der Waals surface area (Å²) < 4.78 is 6.62. The predicted molar refractivity (Wildman–Crippen MR) is 83.1 cm³/mol. The van der Waals surface area contributed by atoms with Crippen LogP contribution in [0.4, 0.5) is 0 Å². The van der Waals surface area contributed by atoms with Crippen LogP contribution in [0.3, 0.4) is 0 Å². The van der Waals surface area contributed by atoms with E-state index in [1.165, 1.54) is 4.90 Å². The molecule has 0 saturated carbocycles. The Bertz CT molecular complexity index is 553. The van der Waals surface area contributed by atoms with E-state index in [2.05, 4.69) is 15.9 Å². The van der Waals surface area contributed by atoms with E-state index in [1.807, 2.05) is 48.7 Å². The summed E-state index contributed by atoms with van der Waals surface area (Å²) >= 11 is 5.14. The first-order valence-corrected chi connectivity index (χ1v) is 7.91. The van der Waals surface area contributed by atoms with Crippen molar-refractivity contribution in [2.75, 3.05) is 6.26 Å². The molecule has 19 heavy (non-hydrogen) atoms. The summed E-state index contributed by atoms with van der Waals surface area (Å²) in [6.07, 6.45) is 1.55. The molecule has 0 saturated heterocycles. The van der Waals surface area contributed by atoms with Crippen LogP contribution in [-0.4, -0.2) is 11.4 Å². The normalized spacial score (nSPS) is 12.2. The van der Waals surface area contributed by atoms with Crippen LogP contribution in [0.2, 0.25) is 0 Å². The summed E-state index contributed by atoms with van der Waals surface area (Å²) in [6.45, 7) is 1.74. The zero-order chi connectivity index (χ0) is 13.8. The third-order valence-electron chi connectivity index (χ3n) is 2.72. The van der Waals surface area contributed by atoms with Crippen LogP contribution >= 0.6 is 27.7 Å². The Labute approximate surface area is 125 Å². The van der Waals surface area contributed by atoms with Crippen LogP contribution in [0.1, 0.15) is 18.6 Å². The van der Waals surface area contributed by atoms with Crippen molar-refractivity contribution in [3.63, 3.8) is 0 Å². The van der Waals surface area contributed by atoms with Crippen LogP contribution in [0.15, 0.2) is 51.8 Å². The minimum atomic E-state index is -0.496. The van der Waals surface area contributed by atoms with Crippen LogP contribution in [0.5, 0.6) is 11.5 Å². The van der Waals surface area contributed by atoms with Gasteiger partial charge in [-0.1, -0.05) is 22.0 Å². The SMILES string of the molecule is CSc1ccc(Oc2ccc(C(C)O)c(Br)c2)cc1. The smallest absolute Gasteiger partial charge is 0.128 e. The standard InChI is InChI=1S/C15H15BrO2S/c1-10(17)14-8-5-12(9-15(14)16)18-11-3-6-13(19-2)7-4-11/h3-10,17H,1-2H3. The average Bonchev–Trinajstić information content (AvgIpc) is 2.39. The second kappa shape index (κ2) is 6.46. The molecule has 0 aromatic heterocycles. The lowest BCUT2D eigenvalue weighted by Crippen LogP contribution is -1.93. The summed E-state index contributed by atoms with van der Waals surface area (Å²) in [5.41, 5.74) is 0.852. The minimum Gasteiger partial charge on any atom is -0.457 e. The number of hydrogen-bond acceptors (Lipinski definition) is 3. The molecule has 0 aliphatic heterocycles. The number of rotatable bonds is 4. The fraction of sp³-hybridized carbons (Fsp3) is 0.200. The van der Waals surface area contributed by atoms with Crippen molar-refractivity contribution in [2.24, 2.45) is 0 Å². The van der Waals surface area contributed by atoms with Crippen LogP contribution < -0.4 is 4.74 Å². The number of benzene rings is 2. The van der Waals surface area contributed by atoms with Gasteiger partial charge in [0.05, 0.1) is 6.10 Å². The molecule has 2 rings (SSSR count). The van der Waals surface area contributed by atoms with Gasteiger partial charge in [0.2, 0.25) is 0 Å². The Morgan fingerprint density at radius 3 is 2.26 bits per heavy atom. The largest absolute Gasteiger partial charge is 0.457 e. The van der Waals surface area contributed by atoms with Gasteiger partial charge < -0.3 is 9.84 Å². The van der Waals surface area contributed by atoms with Crippen LogP contribution in [0, 0.1) is 0 Å². The molecule has 2 aromatic carbocycles. The fourth-order valence-corrected chi connectivity index (χ4v) is 2.79. The van der Waals surface area contributed by atoms with Crippen LogP contribution in [-0.2, 0) is 0 Å². The van der Waals surface area contributed by atoms with E-state index >= 15 is 0 Å². The van der Waals surface area contributed by atoms with Crippen molar-refractivity contribution in [1.29, 1.82) is 0 Å². The third-order valence-corrected chi connectivity index (χ3v) is 4.15. The lowest BCUT2D eigenvalue weighted by atomic mass is 10.1. The zero-order valence-corrected chi connectivity index (χ0v) is 13.2. The van der Waals surface area contributed by atoms with Crippen molar-refractivity contribution < 1.29 is 9.84 Å². The number of aliphatic hydroxyl groups is 1. The van der Waals surface area contributed by atoms with E-state index in [9.17, 15) is 5.11 Å². The molecule has 1 unspecified atom stereocenters. The molecule has 0 heterocycles. The highest BCUT2D eigenvalue weighted by molar-refractivity contribution is 9.10. The molecule has 0 aliphatic rings. The van der Waals surface area contributed by atoms with Gasteiger partial charge in [-0.05, 0) is 55.1 Å². The molecular formula is C15H15BrO2S. The van der Waals surface area contributed by atoms with Gasteiger partial charge >= 0.3 is 0 Å². The summed E-state index contributed by atoms with van der Waals surface area (Å²) in [6, 6.07) is 13.5. The molecular weight excluding hydrogens is 324 g/mol. The highest BCUT2D eigenvalue weighted by atomic mass is 79.9. The van der Waals surface area contributed by atoms with Gasteiger partial charge in [-0.15, -0.1) is 11.8 Å². The van der Waals surface area contributed by atoms with E-state index in [0.29, 0.717) is 0 Å². The number of halogens is 1. The highest BCUT2D eigenvalue weighted by Crippen LogP contribution is 2.30. The number of aliphatic hydroxyl groups excluding tert-OH is 1. The molecule has 4 heteroatoms. The monoisotopic (exact) mass is 338 g/mol. The zero-order valence-electron chi connectivity index (χ0n) is 10.8. The molecule has 0 bridgehead atoms. The molecule has 2 nitrogen and oxygen atoms in total. The maximum atomic E-state index is 9.57. The van der Waals surface area contributed by atoms with Gasteiger partial charge in [0.15, 0.2) is 0 Å². The van der Waals surface area contributed by atoms with Crippen molar-refractivity contribution in [2.45, 2.75) is 17.9 Å². The second-order valence-electron chi connectivity index (χ2n) is 4.14. The van der Waals surface area contributed by atoms with Crippen molar-refractivity contribution in [3.8, 4) is 11.5 Å². The Kier molecular flexibility index (Phi) is 4.91. The molecule has 0 fully saturated rings. The topological polar surface area (TPSA) is 29.5 Å². The maximum Gasteiger partial charge on any atom is 0.128 e. The molecule has 0 radical (unpaired) electrons. The molecule has 0 amide bonds.